The highest BCUT2D eigenvalue weighted by molar-refractivity contribution is 6.35. The van der Waals surface area contributed by atoms with Crippen LogP contribution in [0, 0.1) is 0 Å². The van der Waals surface area contributed by atoms with Gasteiger partial charge in [0, 0.05) is 23.1 Å². The number of amides is 1. The summed E-state index contributed by atoms with van der Waals surface area (Å²) >= 11 is 11.9. The van der Waals surface area contributed by atoms with Crippen LogP contribution in [0.2, 0.25) is 10.0 Å². The van der Waals surface area contributed by atoms with E-state index in [0.717, 1.165) is 11.1 Å². The monoisotopic (exact) mass is 322 g/mol. The lowest BCUT2D eigenvalue weighted by Crippen LogP contribution is -2.33. The van der Waals surface area contributed by atoms with E-state index in [0.29, 0.717) is 23.1 Å². The van der Waals surface area contributed by atoms with Gasteiger partial charge in [-0.05, 0) is 23.3 Å². The maximum absolute atomic E-state index is 11.7. The molecule has 3 nitrogen and oxygen atoms in total. The molecule has 0 fully saturated rings. The van der Waals surface area contributed by atoms with Gasteiger partial charge in [0.1, 0.15) is 0 Å². The Morgan fingerprint density at radius 1 is 1.00 bits per heavy atom. The molecule has 110 valence electrons. The number of carbonyl (C=O) groups is 1. The van der Waals surface area contributed by atoms with Crippen molar-refractivity contribution in [1.29, 1.82) is 0 Å². The van der Waals surface area contributed by atoms with Gasteiger partial charge in [0.25, 0.3) is 0 Å². The van der Waals surface area contributed by atoms with E-state index in [4.69, 9.17) is 23.2 Å². The Kier molecular flexibility index (Phi) is 6.05. The van der Waals surface area contributed by atoms with E-state index in [1.807, 2.05) is 36.4 Å². The molecule has 0 bridgehead atoms. The van der Waals surface area contributed by atoms with E-state index in [2.05, 4.69) is 10.6 Å². The first-order valence-electron chi connectivity index (χ1n) is 6.60. The Hall–Kier alpha value is -1.55. The van der Waals surface area contributed by atoms with Gasteiger partial charge in [0.15, 0.2) is 0 Å². The average Bonchev–Trinajstić information content (AvgIpc) is 2.48. The second kappa shape index (κ2) is 8.03. The summed E-state index contributed by atoms with van der Waals surface area (Å²) in [6.07, 6.45) is 0. The maximum Gasteiger partial charge on any atom is 0.234 e. The molecule has 0 aliphatic rings. The zero-order chi connectivity index (χ0) is 15.1. The van der Waals surface area contributed by atoms with Crippen molar-refractivity contribution in [3.63, 3.8) is 0 Å². The van der Waals surface area contributed by atoms with Crippen molar-refractivity contribution in [3.8, 4) is 0 Å². The van der Waals surface area contributed by atoms with Gasteiger partial charge in [-0.1, -0.05) is 59.6 Å². The summed E-state index contributed by atoms with van der Waals surface area (Å²) in [4.78, 5) is 11.7. The number of carbonyl (C=O) groups excluding carboxylic acids is 1. The number of nitrogens with one attached hydrogen (secondary N) is 2. The molecule has 0 radical (unpaired) electrons. The van der Waals surface area contributed by atoms with Crippen LogP contribution < -0.4 is 10.6 Å². The van der Waals surface area contributed by atoms with Gasteiger partial charge >= 0.3 is 0 Å². The van der Waals surface area contributed by atoms with Gasteiger partial charge < -0.3 is 10.6 Å². The van der Waals surface area contributed by atoms with Crippen LogP contribution in [0.4, 0.5) is 0 Å². The third-order valence-corrected chi connectivity index (χ3v) is 3.54. The van der Waals surface area contributed by atoms with Crippen molar-refractivity contribution in [2.45, 2.75) is 13.1 Å². The topological polar surface area (TPSA) is 41.1 Å². The second-order valence-corrected chi connectivity index (χ2v) is 5.45. The first-order chi connectivity index (χ1) is 10.1. The van der Waals surface area contributed by atoms with Gasteiger partial charge in [-0.25, -0.2) is 0 Å². The van der Waals surface area contributed by atoms with Crippen molar-refractivity contribution in [1.82, 2.24) is 10.6 Å². The van der Waals surface area contributed by atoms with Crippen molar-refractivity contribution in [2.75, 3.05) is 6.54 Å². The summed E-state index contributed by atoms with van der Waals surface area (Å²) in [7, 11) is 0. The number of rotatable bonds is 6. The fraction of sp³-hybridized carbons (Fsp3) is 0.188. The number of hydrogen-bond acceptors (Lipinski definition) is 2. The average molecular weight is 323 g/mol. The van der Waals surface area contributed by atoms with E-state index in [1.54, 1.807) is 12.1 Å². The van der Waals surface area contributed by atoms with E-state index < -0.39 is 0 Å². The fourth-order valence-corrected chi connectivity index (χ4v) is 2.31. The minimum absolute atomic E-state index is 0.0519. The number of hydrogen-bond donors (Lipinski definition) is 2. The minimum Gasteiger partial charge on any atom is -0.351 e. The van der Waals surface area contributed by atoms with Crippen molar-refractivity contribution >= 4 is 29.1 Å². The minimum atomic E-state index is -0.0519. The van der Waals surface area contributed by atoms with Crippen LogP contribution in [0.1, 0.15) is 11.1 Å². The number of benzene rings is 2. The molecule has 2 aromatic rings. The molecule has 0 unspecified atom stereocenters. The highest BCUT2D eigenvalue weighted by atomic mass is 35.5. The van der Waals surface area contributed by atoms with Crippen LogP contribution in [-0.2, 0) is 17.9 Å². The molecule has 0 spiro atoms. The van der Waals surface area contributed by atoms with Crippen LogP contribution in [0.25, 0.3) is 0 Å². The van der Waals surface area contributed by atoms with Crippen LogP contribution in [0.3, 0.4) is 0 Å². The summed E-state index contributed by atoms with van der Waals surface area (Å²) in [5.74, 6) is -0.0519. The predicted molar refractivity (Wildman–Crippen MR) is 86.5 cm³/mol. The molecule has 0 saturated carbocycles. The zero-order valence-corrected chi connectivity index (χ0v) is 12.9. The van der Waals surface area contributed by atoms with Crippen LogP contribution in [0.15, 0.2) is 48.5 Å². The summed E-state index contributed by atoms with van der Waals surface area (Å²) < 4.78 is 0. The van der Waals surface area contributed by atoms with Gasteiger partial charge in [-0.2, -0.15) is 0 Å². The summed E-state index contributed by atoms with van der Waals surface area (Å²) in [6, 6.07) is 15.1. The van der Waals surface area contributed by atoms with Gasteiger partial charge in [0.2, 0.25) is 5.91 Å². The predicted octanol–water partition coefficient (Wildman–Crippen LogP) is 3.40. The van der Waals surface area contributed by atoms with Crippen molar-refractivity contribution < 1.29 is 4.79 Å². The molecule has 0 aliphatic carbocycles. The summed E-state index contributed by atoms with van der Waals surface area (Å²) in [5.41, 5.74) is 1.99. The Morgan fingerprint density at radius 2 is 1.76 bits per heavy atom. The second-order valence-electron chi connectivity index (χ2n) is 4.60. The van der Waals surface area contributed by atoms with Crippen LogP contribution in [-0.4, -0.2) is 12.5 Å². The Labute approximate surface area is 134 Å². The van der Waals surface area contributed by atoms with E-state index in [1.165, 1.54) is 0 Å². The summed E-state index contributed by atoms with van der Waals surface area (Å²) in [6.45, 7) is 1.30. The smallest absolute Gasteiger partial charge is 0.234 e. The maximum atomic E-state index is 11.7. The molecular weight excluding hydrogens is 307 g/mol. The first-order valence-corrected chi connectivity index (χ1v) is 7.36. The third kappa shape index (κ3) is 5.38. The highest BCUT2D eigenvalue weighted by Gasteiger charge is 2.03. The normalized spacial score (nSPS) is 10.4. The van der Waals surface area contributed by atoms with E-state index in [-0.39, 0.29) is 12.5 Å². The molecule has 0 heterocycles. The molecule has 21 heavy (non-hydrogen) atoms. The molecular formula is C16H16Cl2N2O. The molecule has 2 N–H and O–H groups in total. The molecule has 5 heteroatoms. The molecule has 0 saturated heterocycles. The molecule has 0 aromatic heterocycles. The molecule has 2 rings (SSSR count). The lowest BCUT2D eigenvalue weighted by molar-refractivity contribution is -0.120. The summed E-state index contributed by atoms with van der Waals surface area (Å²) in [5, 5.41) is 7.11. The number of halogens is 2. The molecule has 2 aromatic carbocycles. The fourth-order valence-electron chi connectivity index (χ4n) is 1.83. The van der Waals surface area contributed by atoms with Crippen LogP contribution >= 0.6 is 23.2 Å². The standard InChI is InChI=1S/C16H16Cl2N2O/c17-14-7-6-13(15(18)8-14)10-19-11-16(21)20-9-12-4-2-1-3-5-12/h1-8,19H,9-11H2,(H,20,21). The SMILES string of the molecule is O=C(CNCc1ccc(Cl)cc1Cl)NCc1ccccc1. The van der Waals surface area contributed by atoms with E-state index in [9.17, 15) is 4.79 Å². The van der Waals surface area contributed by atoms with Crippen LogP contribution in [0.5, 0.6) is 0 Å². The van der Waals surface area contributed by atoms with Crippen molar-refractivity contribution in [3.05, 3.63) is 69.7 Å². The van der Waals surface area contributed by atoms with E-state index >= 15 is 0 Å². The highest BCUT2D eigenvalue weighted by Crippen LogP contribution is 2.20. The Bertz CT molecular complexity index is 602. The van der Waals surface area contributed by atoms with Gasteiger partial charge in [0.05, 0.1) is 6.54 Å². The molecule has 1 amide bonds. The lowest BCUT2D eigenvalue weighted by Gasteiger charge is -2.08. The quantitative estimate of drug-likeness (QED) is 0.855. The Balaban J connectivity index is 1.72. The molecule has 0 aliphatic heterocycles. The zero-order valence-electron chi connectivity index (χ0n) is 11.4. The lowest BCUT2D eigenvalue weighted by atomic mass is 10.2. The molecule has 0 atom stereocenters. The van der Waals surface area contributed by atoms with Crippen molar-refractivity contribution in [2.24, 2.45) is 0 Å². The first kappa shape index (κ1) is 15.8. The Morgan fingerprint density at radius 3 is 2.48 bits per heavy atom. The third-order valence-electron chi connectivity index (χ3n) is 2.95. The largest absolute Gasteiger partial charge is 0.351 e. The van der Waals surface area contributed by atoms with Gasteiger partial charge in [-0.3, -0.25) is 4.79 Å². The van der Waals surface area contributed by atoms with Gasteiger partial charge in [-0.15, -0.1) is 0 Å².